The van der Waals surface area contributed by atoms with E-state index < -0.39 is 10.0 Å². The van der Waals surface area contributed by atoms with Gasteiger partial charge in [-0.1, -0.05) is 6.92 Å². The van der Waals surface area contributed by atoms with Gasteiger partial charge in [0.15, 0.2) is 0 Å². The Balaban J connectivity index is 1.84. The van der Waals surface area contributed by atoms with Crippen molar-refractivity contribution in [2.75, 3.05) is 5.32 Å². The number of aryl methyl sites for hydroxylation is 2. The number of hydrogen-bond donors (Lipinski definition) is 2. The van der Waals surface area contributed by atoms with Gasteiger partial charge >= 0.3 is 0 Å². The molecule has 27 heavy (non-hydrogen) atoms. The van der Waals surface area contributed by atoms with Crippen LogP contribution in [0.5, 0.6) is 0 Å². The van der Waals surface area contributed by atoms with Crippen LogP contribution in [0.15, 0.2) is 23.4 Å². The molecule has 0 aliphatic heterocycles. The molecule has 1 atom stereocenters. The maximum atomic E-state index is 11.8. The Bertz CT molecular complexity index is 1150. The third-order valence-corrected chi connectivity index (χ3v) is 7.37. The molecule has 0 fully saturated rings. The van der Waals surface area contributed by atoms with Gasteiger partial charge in [-0.2, -0.15) is 0 Å². The average molecular weight is 403 g/mol. The fraction of sp³-hybridized carbons (Fsp3) is 0.368. The lowest BCUT2D eigenvalue weighted by Gasteiger charge is -2.18. The van der Waals surface area contributed by atoms with E-state index >= 15 is 0 Å². The van der Waals surface area contributed by atoms with E-state index in [-0.39, 0.29) is 4.90 Å². The molecule has 6 nitrogen and oxygen atoms in total. The SMILES string of the molecule is Cc1cc(S(N)(=O)=O)cc(Nc2ncnc3sc4c(c23)CC[C@@H](C)C4)c1C. The van der Waals surface area contributed by atoms with E-state index in [9.17, 15) is 8.42 Å². The fourth-order valence-corrected chi connectivity index (χ4v) is 5.59. The van der Waals surface area contributed by atoms with Crippen LogP contribution in [0.4, 0.5) is 11.5 Å². The molecule has 0 amide bonds. The van der Waals surface area contributed by atoms with Gasteiger partial charge in [0.05, 0.1) is 10.3 Å². The maximum Gasteiger partial charge on any atom is 0.238 e. The van der Waals surface area contributed by atoms with Crippen LogP contribution in [0.1, 0.15) is 34.9 Å². The summed E-state index contributed by atoms with van der Waals surface area (Å²) in [6, 6.07) is 3.17. The number of thiophene rings is 1. The molecule has 2 aromatic heterocycles. The molecule has 0 saturated heterocycles. The van der Waals surface area contributed by atoms with Crippen LogP contribution in [-0.2, 0) is 22.9 Å². The first-order valence-corrected chi connectivity index (χ1v) is 11.3. The number of nitrogens with zero attached hydrogens (tertiary/aromatic N) is 2. The van der Waals surface area contributed by atoms with Crippen LogP contribution in [0, 0.1) is 19.8 Å². The molecule has 8 heteroatoms. The normalized spacial score (nSPS) is 17.1. The number of nitrogens with one attached hydrogen (secondary N) is 1. The van der Waals surface area contributed by atoms with Crippen LogP contribution in [0.3, 0.4) is 0 Å². The Morgan fingerprint density at radius 2 is 2.04 bits per heavy atom. The molecule has 1 aliphatic carbocycles. The minimum Gasteiger partial charge on any atom is -0.339 e. The zero-order valence-electron chi connectivity index (χ0n) is 15.5. The second-order valence-corrected chi connectivity index (χ2v) is 9.98. The lowest BCUT2D eigenvalue weighted by atomic mass is 9.89. The number of anilines is 2. The summed E-state index contributed by atoms with van der Waals surface area (Å²) in [5, 5.41) is 9.75. The third-order valence-electron chi connectivity index (χ3n) is 5.31. The first-order valence-electron chi connectivity index (χ1n) is 8.90. The highest BCUT2D eigenvalue weighted by Crippen LogP contribution is 2.40. The molecule has 4 rings (SSSR count). The monoisotopic (exact) mass is 402 g/mol. The van der Waals surface area contributed by atoms with Crippen LogP contribution in [-0.4, -0.2) is 18.4 Å². The summed E-state index contributed by atoms with van der Waals surface area (Å²) < 4.78 is 23.6. The molecule has 0 unspecified atom stereocenters. The highest BCUT2D eigenvalue weighted by Gasteiger charge is 2.23. The van der Waals surface area contributed by atoms with E-state index in [2.05, 4.69) is 22.2 Å². The van der Waals surface area contributed by atoms with Crippen molar-refractivity contribution in [2.24, 2.45) is 11.1 Å². The van der Waals surface area contributed by atoms with Crippen LogP contribution >= 0.6 is 11.3 Å². The summed E-state index contributed by atoms with van der Waals surface area (Å²) in [6.45, 7) is 6.11. The zero-order chi connectivity index (χ0) is 19.3. The van der Waals surface area contributed by atoms with Crippen molar-refractivity contribution >= 4 is 43.1 Å². The molecule has 0 spiro atoms. The number of nitrogens with two attached hydrogens (primary N) is 1. The predicted molar refractivity (Wildman–Crippen MR) is 109 cm³/mol. The average Bonchev–Trinajstić information content (AvgIpc) is 2.96. The number of fused-ring (bicyclic) bond motifs is 3. The Labute approximate surface area is 162 Å². The molecule has 1 aromatic carbocycles. The van der Waals surface area contributed by atoms with Gasteiger partial charge in [-0.3, -0.25) is 0 Å². The highest BCUT2D eigenvalue weighted by atomic mass is 32.2. The molecule has 0 saturated carbocycles. The Hall–Kier alpha value is -2.03. The van der Waals surface area contributed by atoms with E-state index in [0.717, 1.165) is 46.4 Å². The standard InChI is InChI=1S/C19H22N4O2S2/c1-10-4-5-14-16(6-10)26-19-17(14)18(21-9-22-19)23-15-8-13(27(20,24)25)7-11(2)12(15)3/h7-10H,4-6H2,1-3H3,(H2,20,24,25)(H,21,22,23)/t10-/m1/s1. The molecular weight excluding hydrogens is 380 g/mol. The Morgan fingerprint density at radius 3 is 2.78 bits per heavy atom. The largest absolute Gasteiger partial charge is 0.339 e. The van der Waals surface area contributed by atoms with Gasteiger partial charge in [0.2, 0.25) is 10.0 Å². The van der Waals surface area contributed by atoms with Crippen molar-refractivity contribution in [2.45, 2.75) is 44.9 Å². The summed E-state index contributed by atoms with van der Waals surface area (Å²) >= 11 is 1.74. The molecule has 142 valence electrons. The first kappa shape index (κ1) is 18.3. The molecular formula is C19H22N4O2S2. The van der Waals surface area contributed by atoms with Gasteiger partial charge in [-0.05, 0) is 67.9 Å². The Morgan fingerprint density at radius 1 is 1.26 bits per heavy atom. The molecule has 2 heterocycles. The minimum atomic E-state index is -3.78. The van der Waals surface area contributed by atoms with Gasteiger partial charge in [0, 0.05) is 10.6 Å². The summed E-state index contributed by atoms with van der Waals surface area (Å²) in [6.07, 6.45) is 4.82. The van der Waals surface area contributed by atoms with E-state index in [1.54, 1.807) is 29.8 Å². The van der Waals surface area contributed by atoms with Crippen molar-refractivity contribution in [3.8, 4) is 0 Å². The number of aromatic nitrogens is 2. The second kappa shape index (κ2) is 6.54. The van der Waals surface area contributed by atoms with Crippen LogP contribution in [0.2, 0.25) is 0 Å². The second-order valence-electron chi connectivity index (χ2n) is 7.34. The number of rotatable bonds is 3. The van der Waals surface area contributed by atoms with E-state index in [1.165, 1.54) is 10.4 Å². The molecule has 1 aliphatic rings. The number of sulfonamides is 1. The quantitative estimate of drug-likeness (QED) is 0.694. The van der Waals surface area contributed by atoms with Crippen molar-refractivity contribution < 1.29 is 8.42 Å². The van der Waals surface area contributed by atoms with Crippen LogP contribution in [0.25, 0.3) is 10.2 Å². The highest BCUT2D eigenvalue weighted by molar-refractivity contribution is 7.89. The number of benzene rings is 1. The summed E-state index contributed by atoms with van der Waals surface area (Å²) in [5.41, 5.74) is 3.85. The zero-order valence-corrected chi connectivity index (χ0v) is 17.2. The predicted octanol–water partition coefficient (Wildman–Crippen LogP) is 3.82. The Kier molecular flexibility index (Phi) is 4.44. The molecule has 0 bridgehead atoms. The summed E-state index contributed by atoms with van der Waals surface area (Å²) in [7, 11) is -3.78. The maximum absolute atomic E-state index is 11.8. The summed E-state index contributed by atoms with van der Waals surface area (Å²) in [4.78, 5) is 11.4. The topological polar surface area (TPSA) is 98.0 Å². The smallest absolute Gasteiger partial charge is 0.238 e. The van der Waals surface area contributed by atoms with Gasteiger partial charge < -0.3 is 5.32 Å². The fourth-order valence-electron chi connectivity index (χ4n) is 3.62. The molecule has 3 N–H and O–H groups in total. The van der Waals surface area contributed by atoms with Crippen molar-refractivity contribution in [1.29, 1.82) is 0 Å². The number of primary sulfonamides is 1. The third kappa shape index (κ3) is 3.33. The summed E-state index contributed by atoms with van der Waals surface area (Å²) in [5.74, 6) is 1.41. The minimum absolute atomic E-state index is 0.0968. The molecule has 3 aromatic rings. The van der Waals surface area contributed by atoms with E-state index in [0.29, 0.717) is 11.6 Å². The van der Waals surface area contributed by atoms with Crippen molar-refractivity contribution in [3.63, 3.8) is 0 Å². The van der Waals surface area contributed by atoms with Gasteiger partial charge in [-0.25, -0.2) is 23.5 Å². The first-order chi connectivity index (χ1) is 12.7. The van der Waals surface area contributed by atoms with E-state index in [1.807, 2.05) is 13.8 Å². The lowest BCUT2D eigenvalue weighted by molar-refractivity contribution is 0.509. The van der Waals surface area contributed by atoms with Crippen molar-refractivity contribution in [3.05, 3.63) is 40.0 Å². The lowest BCUT2D eigenvalue weighted by Crippen LogP contribution is -2.13. The van der Waals surface area contributed by atoms with Crippen LogP contribution < -0.4 is 10.5 Å². The van der Waals surface area contributed by atoms with Gasteiger partial charge in [-0.15, -0.1) is 11.3 Å². The number of hydrogen-bond acceptors (Lipinski definition) is 6. The molecule has 0 radical (unpaired) electrons. The van der Waals surface area contributed by atoms with Gasteiger partial charge in [0.1, 0.15) is 17.0 Å². The van der Waals surface area contributed by atoms with E-state index in [4.69, 9.17) is 5.14 Å². The van der Waals surface area contributed by atoms with Gasteiger partial charge in [0.25, 0.3) is 0 Å². The van der Waals surface area contributed by atoms with Crippen molar-refractivity contribution in [1.82, 2.24) is 9.97 Å².